The van der Waals surface area contributed by atoms with E-state index in [1.165, 1.54) is 35.5 Å². The van der Waals surface area contributed by atoms with Gasteiger partial charge in [-0.3, -0.25) is 9.69 Å². The lowest BCUT2D eigenvalue weighted by Crippen LogP contribution is -2.50. The van der Waals surface area contributed by atoms with E-state index in [1.807, 2.05) is 29.2 Å². The van der Waals surface area contributed by atoms with E-state index in [0.29, 0.717) is 24.0 Å². The molecule has 0 saturated carbocycles. The van der Waals surface area contributed by atoms with Gasteiger partial charge in [0.2, 0.25) is 5.91 Å². The van der Waals surface area contributed by atoms with Gasteiger partial charge in [-0.1, -0.05) is 97.1 Å². The molecule has 1 saturated heterocycles. The van der Waals surface area contributed by atoms with E-state index in [0.717, 1.165) is 13.1 Å². The van der Waals surface area contributed by atoms with Crippen LogP contribution in [0.1, 0.15) is 22.7 Å². The molecule has 0 radical (unpaired) electrons. The molecule has 1 aliphatic rings. The minimum Gasteiger partial charge on any atom is -0.339 e. The van der Waals surface area contributed by atoms with Gasteiger partial charge in [-0.25, -0.2) is 12.8 Å². The van der Waals surface area contributed by atoms with Gasteiger partial charge in [0.1, 0.15) is 12.4 Å². The smallest absolute Gasteiger partial charge is 0.242 e. The Kier molecular flexibility index (Phi) is 7.91. The number of nitrogens with zero attached hydrogens (tertiary/aromatic N) is 3. The van der Waals surface area contributed by atoms with Crippen LogP contribution in [0.2, 0.25) is 0 Å². The second kappa shape index (κ2) is 11.9. The normalized spacial score (nSPS) is 14.5. The van der Waals surface area contributed by atoms with Crippen molar-refractivity contribution in [2.24, 2.45) is 0 Å². The molecule has 214 valence electrons. The summed E-state index contributed by atoms with van der Waals surface area (Å²) in [6, 6.07) is 33.9. The van der Waals surface area contributed by atoms with E-state index >= 15 is 0 Å². The number of hydrogen-bond donors (Lipinski definition) is 0. The quantitative estimate of drug-likeness (QED) is 0.236. The number of sulfone groups is 1. The Morgan fingerprint density at radius 3 is 1.95 bits per heavy atom. The zero-order valence-corrected chi connectivity index (χ0v) is 24.0. The van der Waals surface area contributed by atoms with Crippen LogP contribution in [0.5, 0.6) is 0 Å². The summed E-state index contributed by atoms with van der Waals surface area (Å²) in [6.07, 6.45) is 1.52. The average molecular weight is 582 g/mol. The van der Waals surface area contributed by atoms with Crippen LogP contribution < -0.4 is 0 Å². The minimum absolute atomic E-state index is 0.0243. The molecule has 6 nitrogen and oxygen atoms in total. The maximum Gasteiger partial charge on any atom is 0.242 e. The molecule has 5 aromatic rings. The van der Waals surface area contributed by atoms with E-state index in [9.17, 15) is 17.6 Å². The minimum atomic E-state index is -3.86. The number of halogens is 1. The van der Waals surface area contributed by atoms with Gasteiger partial charge in [-0.2, -0.15) is 0 Å². The van der Waals surface area contributed by atoms with Crippen molar-refractivity contribution in [2.45, 2.75) is 23.2 Å². The first-order valence-corrected chi connectivity index (χ1v) is 15.7. The summed E-state index contributed by atoms with van der Waals surface area (Å²) in [7, 11) is -3.86. The molecule has 1 amide bonds. The van der Waals surface area contributed by atoms with Crippen molar-refractivity contribution >= 4 is 26.6 Å². The maximum atomic E-state index is 14.3. The first-order chi connectivity index (χ1) is 20.4. The van der Waals surface area contributed by atoms with E-state index in [-0.39, 0.29) is 29.0 Å². The number of hydrogen-bond acceptors (Lipinski definition) is 4. The highest BCUT2D eigenvalue weighted by Crippen LogP contribution is 2.31. The predicted molar refractivity (Wildman–Crippen MR) is 162 cm³/mol. The second-order valence-electron chi connectivity index (χ2n) is 10.6. The molecule has 0 atom stereocenters. The fourth-order valence-electron chi connectivity index (χ4n) is 5.85. The van der Waals surface area contributed by atoms with Gasteiger partial charge in [0.05, 0.1) is 16.7 Å². The van der Waals surface area contributed by atoms with Crippen molar-refractivity contribution < 1.29 is 17.6 Å². The molecule has 0 spiro atoms. The lowest BCUT2D eigenvalue weighted by Gasteiger charge is -2.40. The molecular weight excluding hydrogens is 549 g/mol. The third-order valence-electron chi connectivity index (χ3n) is 7.96. The van der Waals surface area contributed by atoms with Crippen LogP contribution in [-0.4, -0.2) is 54.9 Å². The van der Waals surface area contributed by atoms with Gasteiger partial charge in [0, 0.05) is 48.8 Å². The summed E-state index contributed by atoms with van der Waals surface area (Å²) >= 11 is 0. The van der Waals surface area contributed by atoms with Crippen molar-refractivity contribution in [2.75, 3.05) is 26.2 Å². The number of carbonyl (C=O) groups is 1. The van der Waals surface area contributed by atoms with Gasteiger partial charge >= 0.3 is 0 Å². The van der Waals surface area contributed by atoms with Crippen LogP contribution in [0.3, 0.4) is 0 Å². The number of amides is 1. The first kappa shape index (κ1) is 27.9. The van der Waals surface area contributed by atoms with Crippen molar-refractivity contribution in [1.82, 2.24) is 14.4 Å². The number of para-hydroxylation sites is 1. The van der Waals surface area contributed by atoms with Crippen molar-refractivity contribution in [3.63, 3.8) is 0 Å². The number of carbonyl (C=O) groups excluding carboxylic acids is 1. The number of benzene rings is 4. The molecule has 0 N–H and O–H groups in total. The van der Waals surface area contributed by atoms with Gasteiger partial charge in [-0.15, -0.1) is 0 Å². The number of aromatic nitrogens is 1. The van der Waals surface area contributed by atoms with Crippen molar-refractivity contribution in [3.05, 3.63) is 138 Å². The molecule has 0 unspecified atom stereocenters. The third kappa shape index (κ3) is 5.73. The lowest BCUT2D eigenvalue weighted by atomic mass is 9.96. The molecule has 8 heteroatoms. The van der Waals surface area contributed by atoms with Crippen molar-refractivity contribution in [3.8, 4) is 0 Å². The van der Waals surface area contributed by atoms with E-state index < -0.39 is 21.4 Å². The Bertz CT molecular complexity index is 1760. The highest BCUT2D eigenvalue weighted by Gasteiger charge is 2.29. The molecular formula is C34H32FN3O3S. The molecule has 4 aromatic carbocycles. The largest absolute Gasteiger partial charge is 0.339 e. The van der Waals surface area contributed by atoms with E-state index in [4.69, 9.17) is 0 Å². The van der Waals surface area contributed by atoms with Gasteiger partial charge in [0.15, 0.2) is 9.84 Å². The molecule has 6 rings (SSSR count). The number of piperazine rings is 1. The molecule has 1 aromatic heterocycles. The predicted octanol–water partition coefficient (Wildman–Crippen LogP) is 5.69. The fourth-order valence-corrected chi connectivity index (χ4v) is 7.44. The van der Waals surface area contributed by atoms with Crippen molar-refractivity contribution in [1.29, 1.82) is 0 Å². The average Bonchev–Trinajstić information content (AvgIpc) is 3.39. The lowest BCUT2D eigenvalue weighted by molar-refractivity contribution is -0.133. The summed E-state index contributed by atoms with van der Waals surface area (Å²) < 4.78 is 42.8. The molecule has 2 heterocycles. The summed E-state index contributed by atoms with van der Waals surface area (Å²) in [4.78, 5) is 17.9. The SMILES string of the molecule is O=C(Cn1cc(S(=O)(=O)Cc2ccccc2F)c2ccccc21)N1CCN(C(c2ccccc2)c2ccccc2)CC1. The monoisotopic (exact) mass is 581 g/mol. The standard InChI is InChI=1S/C34H32FN3O3S/c35-30-17-9-7-15-28(30)25-42(40,41)32-23-38(31-18-10-8-16-29(31)32)24-33(39)36-19-21-37(22-20-36)34(26-11-3-1-4-12-26)27-13-5-2-6-14-27/h1-18,23,34H,19-22,24-25H2. The Labute approximate surface area is 245 Å². The van der Waals surface area contributed by atoms with Gasteiger partial charge in [-0.05, 0) is 23.3 Å². The molecule has 1 aliphatic heterocycles. The van der Waals surface area contributed by atoms with Crippen LogP contribution in [-0.2, 0) is 26.9 Å². The van der Waals surface area contributed by atoms with Crippen LogP contribution in [0, 0.1) is 5.82 Å². The van der Waals surface area contributed by atoms with Gasteiger partial charge < -0.3 is 9.47 Å². The second-order valence-corrected chi connectivity index (χ2v) is 12.6. The Morgan fingerprint density at radius 1 is 0.738 bits per heavy atom. The van der Waals surface area contributed by atoms with Crippen LogP contribution >= 0.6 is 0 Å². The number of fused-ring (bicyclic) bond motifs is 1. The Hall–Kier alpha value is -4.27. The zero-order valence-electron chi connectivity index (χ0n) is 23.1. The summed E-state index contributed by atoms with van der Waals surface area (Å²) in [5.74, 6) is -1.07. The highest BCUT2D eigenvalue weighted by atomic mass is 32.2. The van der Waals surface area contributed by atoms with E-state index in [1.54, 1.807) is 22.8 Å². The fraction of sp³-hybridized carbons (Fsp3) is 0.206. The summed E-state index contributed by atoms with van der Waals surface area (Å²) in [6.45, 7) is 2.61. The summed E-state index contributed by atoms with van der Waals surface area (Å²) in [5.41, 5.74) is 3.20. The molecule has 42 heavy (non-hydrogen) atoms. The van der Waals surface area contributed by atoms with Gasteiger partial charge in [0.25, 0.3) is 0 Å². The Morgan fingerprint density at radius 2 is 1.31 bits per heavy atom. The third-order valence-corrected chi connectivity index (χ3v) is 9.65. The molecule has 0 aliphatic carbocycles. The zero-order chi connectivity index (χ0) is 29.1. The number of rotatable bonds is 8. The van der Waals surface area contributed by atoms with Crippen LogP contribution in [0.4, 0.5) is 4.39 Å². The van der Waals surface area contributed by atoms with E-state index in [2.05, 4.69) is 53.4 Å². The Balaban J connectivity index is 1.19. The highest BCUT2D eigenvalue weighted by molar-refractivity contribution is 7.90. The molecule has 1 fully saturated rings. The van der Waals surface area contributed by atoms with Crippen LogP contribution in [0.25, 0.3) is 10.9 Å². The molecule has 0 bridgehead atoms. The first-order valence-electron chi connectivity index (χ1n) is 14.1. The summed E-state index contributed by atoms with van der Waals surface area (Å²) in [5, 5.41) is 0.528. The van der Waals surface area contributed by atoms with Crippen LogP contribution in [0.15, 0.2) is 120 Å². The topological polar surface area (TPSA) is 62.6 Å². The maximum absolute atomic E-state index is 14.3.